The van der Waals surface area contributed by atoms with E-state index in [-0.39, 0.29) is 11.7 Å². The Bertz CT molecular complexity index is 449. The van der Waals surface area contributed by atoms with Crippen LogP contribution in [0.1, 0.15) is 35.2 Å². The number of ketones is 1. The van der Waals surface area contributed by atoms with Gasteiger partial charge in [-0.05, 0) is 30.5 Å². The van der Waals surface area contributed by atoms with E-state index < -0.39 is 0 Å². The molecule has 0 radical (unpaired) electrons. The van der Waals surface area contributed by atoms with Crippen LogP contribution in [0.3, 0.4) is 0 Å². The van der Waals surface area contributed by atoms with Crippen LogP contribution in [0.5, 0.6) is 5.75 Å². The summed E-state index contributed by atoms with van der Waals surface area (Å²) in [5, 5.41) is 0.645. The van der Waals surface area contributed by atoms with Crippen molar-refractivity contribution in [2.75, 3.05) is 6.61 Å². The van der Waals surface area contributed by atoms with E-state index in [9.17, 15) is 4.79 Å². The Hall–Kier alpha value is -1.02. The van der Waals surface area contributed by atoms with Crippen LogP contribution in [-0.2, 0) is 6.42 Å². The van der Waals surface area contributed by atoms with E-state index in [4.69, 9.17) is 16.3 Å². The molecule has 0 atom stereocenters. The van der Waals surface area contributed by atoms with E-state index in [1.807, 2.05) is 6.07 Å². The molecule has 1 aromatic rings. The SMILES string of the molecule is O=C(c1cc(Cl)cc2c1OCC2)C1CCC1. The monoisotopic (exact) mass is 236 g/mol. The minimum atomic E-state index is 0.201. The van der Waals surface area contributed by atoms with Crippen LogP contribution >= 0.6 is 11.6 Å². The molecule has 0 aromatic heterocycles. The van der Waals surface area contributed by atoms with Crippen LogP contribution in [0.25, 0.3) is 0 Å². The number of fused-ring (bicyclic) bond motifs is 1. The van der Waals surface area contributed by atoms with Crippen LogP contribution in [0.15, 0.2) is 12.1 Å². The Morgan fingerprint density at radius 1 is 1.38 bits per heavy atom. The highest BCUT2D eigenvalue weighted by Crippen LogP contribution is 2.37. The van der Waals surface area contributed by atoms with E-state index in [1.54, 1.807) is 6.07 Å². The van der Waals surface area contributed by atoms with Gasteiger partial charge in [-0.15, -0.1) is 0 Å². The largest absolute Gasteiger partial charge is 0.492 e. The van der Waals surface area contributed by atoms with Crippen LogP contribution in [0.4, 0.5) is 0 Å². The summed E-state index contributed by atoms with van der Waals surface area (Å²) in [6.07, 6.45) is 4.06. The maximum atomic E-state index is 12.2. The molecule has 3 rings (SSSR count). The molecule has 3 heteroatoms. The molecule has 1 aliphatic carbocycles. The average Bonchev–Trinajstić information content (AvgIpc) is 2.60. The summed E-state index contributed by atoms with van der Waals surface area (Å²) in [5.74, 6) is 1.19. The molecule has 1 aromatic carbocycles. The number of carbonyl (C=O) groups excluding carboxylic acids is 1. The lowest BCUT2D eigenvalue weighted by Gasteiger charge is -2.24. The average molecular weight is 237 g/mol. The summed E-state index contributed by atoms with van der Waals surface area (Å²) in [4.78, 5) is 12.2. The van der Waals surface area contributed by atoms with Gasteiger partial charge in [0.15, 0.2) is 5.78 Å². The minimum absolute atomic E-state index is 0.201. The number of benzene rings is 1. The van der Waals surface area contributed by atoms with Crippen molar-refractivity contribution < 1.29 is 9.53 Å². The van der Waals surface area contributed by atoms with Crippen molar-refractivity contribution in [1.82, 2.24) is 0 Å². The van der Waals surface area contributed by atoms with Gasteiger partial charge in [-0.3, -0.25) is 4.79 Å². The fraction of sp³-hybridized carbons (Fsp3) is 0.462. The van der Waals surface area contributed by atoms with Crippen LogP contribution in [-0.4, -0.2) is 12.4 Å². The highest BCUT2D eigenvalue weighted by atomic mass is 35.5. The topological polar surface area (TPSA) is 26.3 Å². The first-order chi connectivity index (χ1) is 7.75. The summed E-state index contributed by atoms with van der Waals surface area (Å²) in [6, 6.07) is 3.66. The molecule has 0 amide bonds. The summed E-state index contributed by atoms with van der Waals surface area (Å²) < 4.78 is 5.54. The Morgan fingerprint density at radius 3 is 2.88 bits per heavy atom. The van der Waals surface area contributed by atoms with Crippen molar-refractivity contribution in [2.24, 2.45) is 5.92 Å². The molecule has 0 unspecified atom stereocenters. The third-order valence-electron chi connectivity index (χ3n) is 3.49. The highest BCUT2D eigenvalue weighted by molar-refractivity contribution is 6.31. The van der Waals surface area contributed by atoms with Crippen molar-refractivity contribution >= 4 is 17.4 Å². The van der Waals surface area contributed by atoms with Crippen molar-refractivity contribution in [3.63, 3.8) is 0 Å². The molecule has 1 fully saturated rings. The second-order valence-corrected chi connectivity index (χ2v) is 4.97. The first-order valence-corrected chi connectivity index (χ1v) is 6.13. The standard InChI is InChI=1S/C13H13ClO2/c14-10-6-9-4-5-16-13(9)11(7-10)12(15)8-2-1-3-8/h6-8H,1-5H2. The van der Waals surface area contributed by atoms with Gasteiger partial charge in [0, 0.05) is 17.4 Å². The summed E-state index contributed by atoms with van der Waals surface area (Å²) in [5.41, 5.74) is 1.78. The lowest BCUT2D eigenvalue weighted by atomic mass is 9.79. The number of hydrogen-bond donors (Lipinski definition) is 0. The molecule has 1 saturated carbocycles. The maximum Gasteiger partial charge on any atom is 0.169 e. The fourth-order valence-corrected chi connectivity index (χ4v) is 2.58. The van der Waals surface area contributed by atoms with Crippen molar-refractivity contribution in [3.8, 4) is 5.75 Å². The third-order valence-corrected chi connectivity index (χ3v) is 3.71. The van der Waals surface area contributed by atoms with E-state index in [2.05, 4.69) is 0 Å². The predicted molar refractivity (Wildman–Crippen MR) is 62.3 cm³/mol. The van der Waals surface area contributed by atoms with Gasteiger partial charge >= 0.3 is 0 Å². The lowest BCUT2D eigenvalue weighted by molar-refractivity contribution is 0.0852. The first-order valence-electron chi connectivity index (χ1n) is 5.75. The van der Waals surface area contributed by atoms with Gasteiger partial charge in [0.2, 0.25) is 0 Å². The predicted octanol–water partition coefficient (Wildman–Crippen LogP) is 3.26. The van der Waals surface area contributed by atoms with Crippen LogP contribution in [0.2, 0.25) is 5.02 Å². The number of Topliss-reactive ketones (excluding diaryl/α,β-unsaturated/α-hetero) is 1. The Kier molecular flexibility index (Phi) is 2.40. The molecule has 0 saturated heterocycles. The molecule has 1 heterocycles. The van der Waals surface area contributed by atoms with E-state index in [1.165, 1.54) is 6.42 Å². The zero-order chi connectivity index (χ0) is 11.1. The minimum Gasteiger partial charge on any atom is -0.492 e. The zero-order valence-corrected chi connectivity index (χ0v) is 9.72. The fourth-order valence-electron chi connectivity index (χ4n) is 2.34. The van der Waals surface area contributed by atoms with Crippen molar-refractivity contribution in [1.29, 1.82) is 0 Å². The number of ether oxygens (including phenoxy) is 1. The van der Waals surface area contributed by atoms with Crippen molar-refractivity contribution in [3.05, 3.63) is 28.3 Å². The molecular weight excluding hydrogens is 224 g/mol. The first kappa shape index (κ1) is 10.2. The number of hydrogen-bond acceptors (Lipinski definition) is 2. The van der Waals surface area contributed by atoms with Crippen LogP contribution in [0, 0.1) is 5.92 Å². The van der Waals surface area contributed by atoms with Gasteiger partial charge < -0.3 is 4.74 Å². The van der Waals surface area contributed by atoms with Gasteiger partial charge in [-0.25, -0.2) is 0 Å². The number of carbonyl (C=O) groups is 1. The van der Waals surface area contributed by atoms with E-state index in [0.717, 1.165) is 30.6 Å². The van der Waals surface area contributed by atoms with Gasteiger partial charge in [-0.2, -0.15) is 0 Å². The van der Waals surface area contributed by atoms with Crippen LogP contribution < -0.4 is 4.74 Å². The molecule has 2 nitrogen and oxygen atoms in total. The second kappa shape index (κ2) is 3.77. The molecule has 1 aliphatic heterocycles. The summed E-state index contributed by atoms with van der Waals surface area (Å²) in [6.45, 7) is 0.667. The van der Waals surface area contributed by atoms with Crippen molar-refractivity contribution in [2.45, 2.75) is 25.7 Å². The van der Waals surface area contributed by atoms with Gasteiger partial charge in [0.1, 0.15) is 5.75 Å². The Morgan fingerprint density at radius 2 is 2.19 bits per heavy atom. The Labute approximate surface area is 99.6 Å². The molecule has 84 valence electrons. The molecule has 0 bridgehead atoms. The second-order valence-electron chi connectivity index (χ2n) is 4.53. The van der Waals surface area contributed by atoms with E-state index in [0.29, 0.717) is 17.2 Å². The Balaban J connectivity index is 2.02. The zero-order valence-electron chi connectivity index (χ0n) is 8.96. The smallest absolute Gasteiger partial charge is 0.169 e. The third kappa shape index (κ3) is 1.52. The van der Waals surface area contributed by atoms with Gasteiger partial charge in [0.25, 0.3) is 0 Å². The summed E-state index contributed by atoms with van der Waals surface area (Å²) >= 11 is 6.03. The number of halogens is 1. The highest BCUT2D eigenvalue weighted by Gasteiger charge is 2.30. The normalized spacial score (nSPS) is 18.8. The molecule has 16 heavy (non-hydrogen) atoms. The van der Waals surface area contributed by atoms with Gasteiger partial charge in [-0.1, -0.05) is 18.0 Å². The number of rotatable bonds is 2. The lowest BCUT2D eigenvalue weighted by Crippen LogP contribution is -2.22. The van der Waals surface area contributed by atoms with Gasteiger partial charge in [0.05, 0.1) is 12.2 Å². The molecular formula is C13H13ClO2. The molecule has 0 N–H and O–H groups in total. The molecule has 0 spiro atoms. The maximum absolute atomic E-state index is 12.2. The summed E-state index contributed by atoms with van der Waals surface area (Å²) in [7, 11) is 0. The quantitative estimate of drug-likeness (QED) is 0.737. The molecule has 2 aliphatic rings. The van der Waals surface area contributed by atoms with E-state index >= 15 is 0 Å².